The minimum Gasteiger partial charge on any atom is -0.356 e. The number of hydrogen-bond donors (Lipinski definition) is 2. The van der Waals surface area contributed by atoms with E-state index in [-0.39, 0.29) is 17.6 Å². The summed E-state index contributed by atoms with van der Waals surface area (Å²) in [6, 6.07) is 14.5. The van der Waals surface area contributed by atoms with E-state index in [0.29, 0.717) is 32.6 Å². The van der Waals surface area contributed by atoms with E-state index in [1.165, 1.54) is 24.6 Å². The van der Waals surface area contributed by atoms with Gasteiger partial charge >= 0.3 is 0 Å². The lowest BCUT2D eigenvalue weighted by Crippen LogP contribution is -2.38. The number of amides is 2. The van der Waals surface area contributed by atoms with Gasteiger partial charge in [0.15, 0.2) is 0 Å². The number of carbonyl (C=O) groups is 2. The Morgan fingerprint density at radius 3 is 2.46 bits per heavy atom. The fourth-order valence-electron chi connectivity index (χ4n) is 4.25. The minimum atomic E-state index is -0.292. The molecule has 8 heteroatoms. The molecule has 35 heavy (non-hydrogen) atoms. The molecule has 0 spiro atoms. The quantitative estimate of drug-likeness (QED) is 0.435. The highest BCUT2D eigenvalue weighted by atomic mass is 19.1. The summed E-state index contributed by atoms with van der Waals surface area (Å²) in [6.07, 6.45) is 3.05. The van der Waals surface area contributed by atoms with E-state index < -0.39 is 0 Å². The van der Waals surface area contributed by atoms with Crippen LogP contribution in [0.15, 0.2) is 48.5 Å². The van der Waals surface area contributed by atoms with Crippen LogP contribution in [0.3, 0.4) is 0 Å². The van der Waals surface area contributed by atoms with Crippen LogP contribution in [0, 0.1) is 12.7 Å². The van der Waals surface area contributed by atoms with Gasteiger partial charge in [-0.3, -0.25) is 9.59 Å². The summed E-state index contributed by atoms with van der Waals surface area (Å²) >= 11 is 0. The summed E-state index contributed by atoms with van der Waals surface area (Å²) in [7, 11) is 0. The van der Waals surface area contributed by atoms with E-state index >= 15 is 0 Å². The number of imidazole rings is 1. The molecule has 0 saturated heterocycles. The summed E-state index contributed by atoms with van der Waals surface area (Å²) in [4.78, 5) is 30.5. The number of rotatable bonds is 9. The van der Waals surface area contributed by atoms with Crippen LogP contribution in [0.5, 0.6) is 0 Å². The van der Waals surface area contributed by atoms with Crippen molar-refractivity contribution in [3.05, 3.63) is 65.7 Å². The highest BCUT2D eigenvalue weighted by molar-refractivity contribution is 5.78. The zero-order chi connectivity index (χ0) is 24.8. The van der Waals surface area contributed by atoms with Crippen molar-refractivity contribution in [3.8, 4) is 11.3 Å². The molecule has 2 amide bonds. The Morgan fingerprint density at radius 2 is 1.74 bits per heavy atom. The fraction of sp³-hybridized carbons (Fsp3) is 0.370. The molecule has 1 aromatic heterocycles. The minimum absolute atomic E-state index is 0.0267. The van der Waals surface area contributed by atoms with E-state index in [2.05, 4.69) is 15.2 Å². The third-order valence-electron chi connectivity index (χ3n) is 6.20. The molecule has 0 aliphatic carbocycles. The smallest absolute Gasteiger partial charge is 0.223 e. The average molecular weight is 478 g/mol. The lowest BCUT2D eigenvalue weighted by molar-refractivity contribution is -0.132. The first-order chi connectivity index (χ1) is 16.9. The van der Waals surface area contributed by atoms with Gasteiger partial charge in [-0.05, 0) is 56.2 Å². The van der Waals surface area contributed by atoms with E-state index in [9.17, 15) is 14.0 Å². The van der Waals surface area contributed by atoms with Crippen LogP contribution in [0.1, 0.15) is 44.0 Å². The highest BCUT2D eigenvalue weighted by Gasteiger charge is 2.26. The van der Waals surface area contributed by atoms with E-state index in [1.54, 1.807) is 12.1 Å². The van der Waals surface area contributed by atoms with Crippen molar-refractivity contribution in [1.29, 1.82) is 0 Å². The number of aryl methyl sites for hydroxylation is 1. The molecule has 3 aromatic rings. The molecule has 1 aliphatic rings. The van der Waals surface area contributed by atoms with Gasteiger partial charge in [0.2, 0.25) is 11.8 Å². The number of nitrogens with zero attached hydrogens (tertiary/aromatic N) is 3. The molecule has 0 bridgehead atoms. The van der Waals surface area contributed by atoms with Gasteiger partial charge in [0.25, 0.3) is 0 Å². The Balaban J connectivity index is 1.48. The van der Waals surface area contributed by atoms with Crippen LogP contribution in [-0.4, -0.2) is 39.4 Å². The number of aromatic nitrogens is 2. The van der Waals surface area contributed by atoms with Gasteiger partial charge < -0.3 is 20.1 Å². The van der Waals surface area contributed by atoms with Gasteiger partial charge in [0.1, 0.15) is 23.2 Å². The van der Waals surface area contributed by atoms with E-state index in [4.69, 9.17) is 4.98 Å². The maximum Gasteiger partial charge on any atom is 0.223 e. The first-order valence-electron chi connectivity index (χ1n) is 12.1. The zero-order valence-electron chi connectivity index (χ0n) is 20.3. The SMILES string of the molecule is CC(=O)NCCCCCC(=O)N1CCn2c(nc(-c3ccc(F)cc3)c2Nc2ccc(C)cc2)C1. The van der Waals surface area contributed by atoms with Crippen molar-refractivity contribution in [2.45, 2.75) is 52.6 Å². The van der Waals surface area contributed by atoms with Crippen LogP contribution in [0.4, 0.5) is 15.9 Å². The zero-order valence-corrected chi connectivity index (χ0v) is 20.3. The topological polar surface area (TPSA) is 79.3 Å². The number of benzene rings is 2. The highest BCUT2D eigenvalue weighted by Crippen LogP contribution is 2.33. The van der Waals surface area contributed by atoms with Gasteiger partial charge in [-0.1, -0.05) is 24.1 Å². The second kappa shape index (κ2) is 11.2. The predicted molar refractivity (Wildman–Crippen MR) is 135 cm³/mol. The van der Waals surface area contributed by atoms with Gasteiger partial charge in [0, 0.05) is 44.2 Å². The summed E-state index contributed by atoms with van der Waals surface area (Å²) in [5, 5.41) is 6.28. The summed E-state index contributed by atoms with van der Waals surface area (Å²) in [5.74, 6) is 1.46. The molecule has 0 radical (unpaired) electrons. The van der Waals surface area contributed by atoms with Gasteiger partial charge in [-0.25, -0.2) is 9.37 Å². The molecule has 0 saturated carbocycles. The maximum absolute atomic E-state index is 13.6. The van der Waals surface area contributed by atoms with Gasteiger partial charge in [0.05, 0.1) is 6.54 Å². The van der Waals surface area contributed by atoms with Gasteiger partial charge in [-0.2, -0.15) is 0 Å². The molecule has 4 rings (SSSR count). The molecule has 2 N–H and O–H groups in total. The van der Waals surface area contributed by atoms with Crippen LogP contribution < -0.4 is 10.6 Å². The summed E-state index contributed by atoms with van der Waals surface area (Å²) in [5.41, 5.74) is 3.68. The average Bonchev–Trinajstić information content (AvgIpc) is 3.20. The van der Waals surface area contributed by atoms with Gasteiger partial charge in [-0.15, -0.1) is 0 Å². The van der Waals surface area contributed by atoms with Crippen LogP contribution >= 0.6 is 0 Å². The Labute approximate surface area is 205 Å². The first-order valence-corrected chi connectivity index (χ1v) is 12.1. The molecule has 2 heterocycles. The van der Waals surface area contributed by atoms with Crippen molar-refractivity contribution in [3.63, 3.8) is 0 Å². The molecule has 2 aromatic carbocycles. The Kier molecular flexibility index (Phi) is 7.80. The first kappa shape index (κ1) is 24.4. The van der Waals surface area contributed by atoms with E-state index in [1.807, 2.05) is 36.1 Å². The number of anilines is 2. The maximum atomic E-state index is 13.6. The van der Waals surface area contributed by atoms with Crippen molar-refractivity contribution in [2.24, 2.45) is 0 Å². The van der Waals surface area contributed by atoms with E-state index in [0.717, 1.165) is 47.8 Å². The Bertz CT molecular complexity index is 1170. The normalized spacial score (nSPS) is 12.8. The molecule has 0 unspecified atom stereocenters. The lowest BCUT2D eigenvalue weighted by atomic mass is 10.1. The van der Waals surface area contributed by atoms with Crippen LogP contribution in [0.25, 0.3) is 11.3 Å². The summed E-state index contributed by atoms with van der Waals surface area (Å²) < 4.78 is 15.7. The summed E-state index contributed by atoms with van der Waals surface area (Å²) in [6.45, 7) is 5.88. The molecule has 7 nitrogen and oxygen atoms in total. The van der Waals surface area contributed by atoms with Crippen LogP contribution in [-0.2, 0) is 22.7 Å². The molecular weight excluding hydrogens is 445 g/mol. The number of nitrogens with one attached hydrogen (secondary N) is 2. The fourth-order valence-corrected chi connectivity index (χ4v) is 4.25. The third kappa shape index (κ3) is 6.26. The van der Waals surface area contributed by atoms with Crippen molar-refractivity contribution < 1.29 is 14.0 Å². The molecular formula is C27H32FN5O2. The molecule has 184 valence electrons. The number of unbranched alkanes of at least 4 members (excludes halogenated alkanes) is 2. The Morgan fingerprint density at radius 1 is 1.00 bits per heavy atom. The molecule has 1 aliphatic heterocycles. The number of fused-ring (bicyclic) bond motifs is 1. The predicted octanol–water partition coefficient (Wildman–Crippen LogP) is 4.78. The van der Waals surface area contributed by atoms with Crippen molar-refractivity contribution in [1.82, 2.24) is 19.8 Å². The standard InChI is InChI=1S/C27H32FN5O2/c1-19-7-13-23(14-8-19)30-27-26(21-9-11-22(28)12-10-21)31-24-18-32(16-17-33(24)27)25(35)6-4-3-5-15-29-20(2)34/h7-14,30H,3-6,15-18H2,1-2H3,(H,29,34). The lowest BCUT2D eigenvalue weighted by Gasteiger charge is -2.28. The second-order valence-corrected chi connectivity index (χ2v) is 8.98. The van der Waals surface area contributed by atoms with Crippen molar-refractivity contribution >= 4 is 23.3 Å². The number of halogens is 1. The van der Waals surface area contributed by atoms with Crippen molar-refractivity contribution in [2.75, 3.05) is 18.4 Å². The van der Waals surface area contributed by atoms with Crippen LogP contribution in [0.2, 0.25) is 0 Å². The monoisotopic (exact) mass is 477 g/mol. The third-order valence-corrected chi connectivity index (χ3v) is 6.20. The largest absolute Gasteiger partial charge is 0.356 e. The molecule has 0 atom stereocenters. The Hall–Kier alpha value is -3.68. The number of hydrogen-bond acceptors (Lipinski definition) is 4. The second-order valence-electron chi connectivity index (χ2n) is 8.98. The number of carbonyl (C=O) groups excluding carboxylic acids is 2. The molecule has 0 fully saturated rings.